The number of urea groups is 1. The van der Waals surface area contributed by atoms with Gasteiger partial charge in [0.05, 0.1) is 6.54 Å². The molecule has 120 valence electrons. The first kappa shape index (κ1) is 17.2. The van der Waals surface area contributed by atoms with E-state index in [1.54, 1.807) is 4.90 Å². The maximum Gasteiger partial charge on any atom is 0.326 e. The van der Waals surface area contributed by atoms with Crippen LogP contribution in [0, 0.1) is 5.92 Å². The average Bonchev–Trinajstić information content (AvgIpc) is 2.44. The molecule has 0 saturated carbocycles. The molecule has 8 heteroatoms. The Hall–Kier alpha value is -1.83. The van der Waals surface area contributed by atoms with E-state index in [4.69, 9.17) is 5.11 Å². The summed E-state index contributed by atoms with van der Waals surface area (Å²) in [6.45, 7) is 6.36. The Labute approximate surface area is 124 Å². The normalized spacial score (nSPS) is 16.4. The fraction of sp³-hybridized carbons (Fsp3) is 0.769. The van der Waals surface area contributed by atoms with Crippen LogP contribution in [0.4, 0.5) is 4.79 Å². The van der Waals surface area contributed by atoms with Crippen molar-refractivity contribution in [1.29, 1.82) is 0 Å². The number of carbonyl (C=O) groups is 3. The fourth-order valence-corrected chi connectivity index (χ4v) is 2.08. The number of carboxylic acids is 1. The Kier molecular flexibility index (Phi) is 6.93. The van der Waals surface area contributed by atoms with Gasteiger partial charge in [-0.1, -0.05) is 13.8 Å². The third-order valence-electron chi connectivity index (χ3n) is 3.18. The first-order chi connectivity index (χ1) is 9.90. The number of carbonyl (C=O) groups excluding carboxylic acids is 2. The Balaban J connectivity index is 2.34. The van der Waals surface area contributed by atoms with Gasteiger partial charge in [-0.3, -0.25) is 4.79 Å². The van der Waals surface area contributed by atoms with Crippen molar-refractivity contribution in [1.82, 2.24) is 20.9 Å². The summed E-state index contributed by atoms with van der Waals surface area (Å²) in [4.78, 5) is 36.2. The lowest BCUT2D eigenvalue weighted by Gasteiger charge is -2.27. The van der Waals surface area contributed by atoms with E-state index in [0.717, 1.165) is 13.1 Å². The lowest BCUT2D eigenvalue weighted by molar-refractivity contribution is -0.139. The second-order valence-electron chi connectivity index (χ2n) is 5.48. The van der Waals surface area contributed by atoms with Crippen LogP contribution in [-0.4, -0.2) is 66.7 Å². The molecule has 1 heterocycles. The summed E-state index contributed by atoms with van der Waals surface area (Å²) in [6, 6.07) is -1.58. The van der Waals surface area contributed by atoms with Crippen molar-refractivity contribution < 1.29 is 19.5 Å². The molecule has 3 amide bonds. The van der Waals surface area contributed by atoms with Crippen molar-refractivity contribution in [3.05, 3.63) is 0 Å². The van der Waals surface area contributed by atoms with E-state index in [1.807, 2.05) is 13.8 Å². The monoisotopic (exact) mass is 300 g/mol. The maximum absolute atomic E-state index is 11.8. The van der Waals surface area contributed by atoms with Crippen molar-refractivity contribution in [2.75, 3.05) is 32.7 Å². The van der Waals surface area contributed by atoms with Crippen molar-refractivity contribution in [3.8, 4) is 0 Å². The zero-order valence-corrected chi connectivity index (χ0v) is 12.5. The summed E-state index contributed by atoms with van der Waals surface area (Å²) < 4.78 is 0. The molecule has 1 atom stereocenters. The summed E-state index contributed by atoms with van der Waals surface area (Å²) in [5, 5.41) is 16.9. The largest absolute Gasteiger partial charge is 0.480 e. The first-order valence-corrected chi connectivity index (χ1v) is 7.15. The molecule has 1 saturated heterocycles. The number of rotatable bonds is 6. The van der Waals surface area contributed by atoms with E-state index in [1.165, 1.54) is 0 Å². The topological polar surface area (TPSA) is 111 Å². The number of piperazine rings is 1. The molecule has 0 bridgehead atoms. The van der Waals surface area contributed by atoms with Crippen LogP contribution in [0.25, 0.3) is 0 Å². The van der Waals surface area contributed by atoms with Gasteiger partial charge in [0, 0.05) is 26.2 Å². The molecule has 0 unspecified atom stereocenters. The van der Waals surface area contributed by atoms with Crippen molar-refractivity contribution in [2.24, 2.45) is 5.92 Å². The van der Waals surface area contributed by atoms with Gasteiger partial charge in [-0.05, 0) is 12.3 Å². The molecule has 1 aliphatic rings. The zero-order chi connectivity index (χ0) is 15.8. The van der Waals surface area contributed by atoms with Gasteiger partial charge in [-0.25, -0.2) is 9.59 Å². The van der Waals surface area contributed by atoms with E-state index in [0.29, 0.717) is 19.5 Å². The highest BCUT2D eigenvalue weighted by Gasteiger charge is 2.22. The summed E-state index contributed by atoms with van der Waals surface area (Å²) in [5.41, 5.74) is 0. The molecule has 1 aliphatic heterocycles. The third kappa shape index (κ3) is 6.44. The number of hydrogen-bond donors (Lipinski definition) is 4. The van der Waals surface area contributed by atoms with Crippen molar-refractivity contribution >= 4 is 17.9 Å². The number of carboxylic acid groups (broad SMARTS) is 1. The van der Waals surface area contributed by atoms with Crippen LogP contribution in [0.15, 0.2) is 0 Å². The number of hydrogen-bond acceptors (Lipinski definition) is 4. The highest BCUT2D eigenvalue weighted by Crippen LogP contribution is 2.04. The summed E-state index contributed by atoms with van der Waals surface area (Å²) in [5.74, 6) is -1.09. The van der Waals surface area contributed by atoms with Gasteiger partial charge in [-0.15, -0.1) is 0 Å². The minimum atomic E-state index is -1.08. The molecule has 0 aromatic rings. The van der Waals surface area contributed by atoms with Crippen LogP contribution < -0.4 is 16.0 Å². The first-order valence-electron chi connectivity index (χ1n) is 7.15. The molecule has 1 rings (SSSR count). The molecular formula is C13H24N4O4. The molecule has 0 aliphatic carbocycles. The van der Waals surface area contributed by atoms with E-state index < -0.39 is 18.0 Å². The molecule has 8 nitrogen and oxygen atoms in total. The lowest BCUT2D eigenvalue weighted by Crippen LogP contribution is -2.52. The highest BCUT2D eigenvalue weighted by atomic mass is 16.4. The number of aliphatic carboxylic acids is 1. The maximum atomic E-state index is 11.8. The molecular weight excluding hydrogens is 276 g/mol. The van der Waals surface area contributed by atoms with Gasteiger partial charge >= 0.3 is 12.0 Å². The Bertz CT molecular complexity index is 380. The van der Waals surface area contributed by atoms with Gasteiger partial charge < -0.3 is 26.0 Å². The van der Waals surface area contributed by atoms with Gasteiger partial charge in [0.2, 0.25) is 5.91 Å². The van der Waals surface area contributed by atoms with E-state index in [2.05, 4.69) is 16.0 Å². The van der Waals surface area contributed by atoms with Gasteiger partial charge in [0.15, 0.2) is 0 Å². The van der Waals surface area contributed by atoms with Crippen LogP contribution in [0.2, 0.25) is 0 Å². The van der Waals surface area contributed by atoms with E-state index >= 15 is 0 Å². The second-order valence-corrected chi connectivity index (χ2v) is 5.48. The van der Waals surface area contributed by atoms with Gasteiger partial charge in [0.1, 0.15) is 6.04 Å². The number of nitrogens with one attached hydrogen (secondary N) is 3. The SMILES string of the molecule is CC(C)C[C@H](NC(=O)NCC(=O)N1CCNCC1)C(=O)O. The molecule has 21 heavy (non-hydrogen) atoms. The van der Waals surface area contributed by atoms with Crippen LogP contribution in [0.1, 0.15) is 20.3 Å². The minimum absolute atomic E-state index is 0.125. The Morgan fingerprint density at radius 2 is 1.86 bits per heavy atom. The summed E-state index contributed by atoms with van der Waals surface area (Å²) >= 11 is 0. The minimum Gasteiger partial charge on any atom is -0.480 e. The van der Waals surface area contributed by atoms with Gasteiger partial charge in [-0.2, -0.15) is 0 Å². The molecule has 4 N–H and O–H groups in total. The molecule has 0 aromatic carbocycles. The average molecular weight is 300 g/mol. The number of nitrogens with zero attached hydrogens (tertiary/aromatic N) is 1. The summed E-state index contributed by atoms with van der Waals surface area (Å²) in [6.07, 6.45) is 0.342. The van der Waals surface area contributed by atoms with Crippen molar-refractivity contribution in [2.45, 2.75) is 26.3 Å². The highest BCUT2D eigenvalue weighted by molar-refractivity contribution is 5.86. The van der Waals surface area contributed by atoms with E-state index in [-0.39, 0.29) is 18.4 Å². The Morgan fingerprint density at radius 3 is 2.38 bits per heavy atom. The predicted molar refractivity (Wildman–Crippen MR) is 76.9 cm³/mol. The predicted octanol–water partition coefficient (Wildman–Crippen LogP) is -0.783. The van der Waals surface area contributed by atoms with Crippen molar-refractivity contribution in [3.63, 3.8) is 0 Å². The van der Waals surface area contributed by atoms with Crippen LogP contribution in [0.3, 0.4) is 0 Å². The molecule has 1 fully saturated rings. The molecule has 0 spiro atoms. The molecule has 0 aromatic heterocycles. The third-order valence-corrected chi connectivity index (χ3v) is 3.18. The van der Waals surface area contributed by atoms with Crippen LogP contribution in [-0.2, 0) is 9.59 Å². The Morgan fingerprint density at radius 1 is 1.24 bits per heavy atom. The quantitative estimate of drug-likeness (QED) is 0.514. The zero-order valence-electron chi connectivity index (χ0n) is 12.5. The number of amides is 3. The van der Waals surface area contributed by atoms with Gasteiger partial charge in [0.25, 0.3) is 0 Å². The molecule has 0 radical (unpaired) electrons. The smallest absolute Gasteiger partial charge is 0.326 e. The lowest BCUT2D eigenvalue weighted by atomic mass is 10.0. The fourth-order valence-electron chi connectivity index (χ4n) is 2.08. The van der Waals surface area contributed by atoms with Crippen LogP contribution in [0.5, 0.6) is 0 Å². The summed E-state index contributed by atoms with van der Waals surface area (Å²) in [7, 11) is 0. The second kappa shape index (κ2) is 8.46. The standard InChI is InChI=1S/C13H24N4O4/c1-9(2)7-10(12(19)20)16-13(21)15-8-11(18)17-5-3-14-4-6-17/h9-10,14H,3-8H2,1-2H3,(H,19,20)(H2,15,16,21)/t10-/m0/s1. The van der Waals surface area contributed by atoms with E-state index in [9.17, 15) is 14.4 Å². The van der Waals surface area contributed by atoms with Crippen LogP contribution >= 0.6 is 0 Å².